The molecule has 264 valence electrons. The molecule has 8 radical (unpaired) electrons. The molecule has 0 aliphatic carbocycles. The molecule has 0 amide bonds. The molecule has 6 rings (SSSR count). The molecule has 0 N–H and O–H groups in total. The van der Waals surface area contributed by atoms with Gasteiger partial charge in [0.1, 0.15) is 5.65 Å². The van der Waals surface area contributed by atoms with Crippen molar-refractivity contribution in [1.82, 2.24) is 56.1 Å². The number of hydrogen-bond acceptors (Lipinski definition) is 9. The molecule has 26 heteroatoms. The fourth-order valence-corrected chi connectivity index (χ4v) is 4.00. The van der Waals surface area contributed by atoms with E-state index in [0.717, 1.165) is 43.9 Å². The number of aryl methyl sites for hydroxylation is 4. The van der Waals surface area contributed by atoms with Crippen molar-refractivity contribution in [3.8, 4) is 0 Å². The van der Waals surface area contributed by atoms with Gasteiger partial charge in [0.05, 0.1) is 35.0 Å². The van der Waals surface area contributed by atoms with Crippen LogP contribution in [0, 0.1) is 20.6 Å². The average molecular weight is 1350 g/mol. The Labute approximate surface area is 527 Å². The summed E-state index contributed by atoms with van der Waals surface area (Å²) in [5.41, 5.74) is -8.56. The van der Waals surface area contributed by atoms with Gasteiger partial charge in [0.25, 0.3) is 5.56 Å². The molecular weight excluding hydrogens is 1300 g/mol. The van der Waals surface area contributed by atoms with Crippen LogP contribution in [0.25, 0.3) is 33.5 Å². The average Bonchev–Trinajstić information content (AvgIpc) is 3.80. The zero-order valence-corrected chi connectivity index (χ0v) is 50.9. The van der Waals surface area contributed by atoms with Gasteiger partial charge < -0.3 is 46.4 Å². The second kappa shape index (κ2) is 28.4. The topological polar surface area (TPSA) is 185 Å². The standard InChI is InChI=1S/3C9H11N4O2.8Y/c3*1-4-13-8(14)6-7(10-5-11(6)2)12(3)9(13)15;;;;;;;;/h4-5H,1-3H3;5H,3-4H2,1-2H3;5H,2,4H2,1,3H3;;;;;;;;/q3*-1;;;;;;;;/i2D3,3D3;2D3,4D2;3D3,4D2;;;;;;;;. The molecule has 6 heterocycles. The van der Waals surface area contributed by atoms with E-state index < -0.39 is 91.3 Å². The molecule has 0 fully saturated rings. The first-order chi connectivity index (χ1) is 27.4. The summed E-state index contributed by atoms with van der Waals surface area (Å²) in [5.74, 6) is 0. The first kappa shape index (κ1) is 37.6. The number of nitrogens with zero attached hydrogens (tertiary/aromatic N) is 12. The number of imidazole rings is 3. The Hall–Kier alpha value is 2.89. The van der Waals surface area contributed by atoms with Crippen LogP contribution in [-0.2, 0) is 303 Å². The molecule has 0 saturated heterocycles. The zero-order chi connectivity index (χ0) is 47.1. The van der Waals surface area contributed by atoms with Crippen LogP contribution >= 0.6 is 0 Å². The van der Waals surface area contributed by atoms with Crippen molar-refractivity contribution in [1.29, 1.82) is 0 Å². The van der Waals surface area contributed by atoms with Crippen molar-refractivity contribution >= 4 is 33.5 Å². The van der Waals surface area contributed by atoms with Crippen LogP contribution in [0.15, 0.2) is 47.7 Å². The van der Waals surface area contributed by atoms with Gasteiger partial charge in [-0.1, -0.05) is 6.92 Å². The van der Waals surface area contributed by atoms with Crippen molar-refractivity contribution in [2.24, 2.45) is 27.9 Å². The maximum Gasteiger partial charge on any atom is 0.330 e. The number of fused-ring (bicyclic) bond motifs is 3. The summed E-state index contributed by atoms with van der Waals surface area (Å²) in [5, 5.41) is 0. The van der Waals surface area contributed by atoms with Gasteiger partial charge in [0, 0.05) is 330 Å². The number of hydrogen-bond donors (Lipinski definition) is 0. The summed E-state index contributed by atoms with van der Waals surface area (Å²) in [6, 6.07) is 0. The van der Waals surface area contributed by atoms with Crippen LogP contribution < -0.4 is 33.7 Å². The van der Waals surface area contributed by atoms with E-state index in [1.807, 2.05) is 0 Å². The van der Waals surface area contributed by atoms with Gasteiger partial charge in [-0.25, -0.2) is 9.78 Å². The summed E-state index contributed by atoms with van der Waals surface area (Å²) in [4.78, 5) is 83.9. The predicted octanol–water partition coefficient (Wildman–Crippen LogP) is -1.44. The normalized spacial score (nSPS) is 15.3. The summed E-state index contributed by atoms with van der Waals surface area (Å²) in [6.45, 7) is -11.4. The van der Waals surface area contributed by atoms with Crippen LogP contribution in [0.1, 0.15) is 42.7 Å². The molecule has 0 aliphatic rings. The number of rotatable bonds is 3. The van der Waals surface area contributed by atoms with E-state index in [4.69, 9.17) is 21.9 Å². The van der Waals surface area contributed by atoms with Crippen molar-refractivity contribution in [3.05, 3.63) is 102 Å². The smallest absolute Gasteiger partial charge is 0.330 e. The second-order valence-corrected chi connectivity index (χ2v) is 8.57. The van der Waals surface area contributed by atoms with E-state index in [0.29, 0.717) is 32.0 Å². The molecular formula is C27H33N12O6Y8-3. The third-order valence-corrected chi connectivity index (χ3v) is 6.13. The van der Waals surface area contributed by atoms with Gasteiger partial charge >= 0.3 is 5.69 Å². The minimum atomic E-state index is -2.90. The third-order valence-electron chi connectivity index (χ3n) is 6.13. The third kappa shape index (κ3) is 13.2. The molecule has 18 nitrogen and oxygen atoms in total. The molecule has 0 aliphatic heterocycles. The fourth-order valence-electron chi connectivity index (χ4n) is 4.00. The van der Waals surface area contributed by atoms with Crippen LogP contribution in [0.2, 0.25) is 0 Å². The van der Waals surface area contributed by atoms with Crippen molar-refractivity contribution in [2.75, 3.05) is 0 Å². The van der Waals surface area contributed by atoms with Crippen LogP contribution in [0.4, 0.5) is 0 Å². The monoisotopic (exact) mass is 1350 g/mol. The van der Waals surface area contributed by atoms with Crippen molar-refractivity contribution in [2.45, 2.75) is 33.8 Å². The second-order valence-electron chi connectivity index (χ2n) is 8.57. The predicted molar refractivity (Wildman–Crippen MR) is 167 cm³/mol. The number of aromatic nitrogens is 12. The van der Waals surface area contributed by atoms with E-state index in [1.54, 1.807) is 0 Å². The molecule has 0 unspecified atom stereocenters. The van der Waals surface area contributed by atoms with E-state index in [9.17, 15) is 28.8 Å². The summed E-state index contributed by atoms with van der Waals surface area (Å²) in [6.07, 6.45) is 2.81. The summed E-state index contributed by atoms with van der Waals surface area (Å²) >= 11 is 0. The van der Waals surface area contributed by atoms with Gasteiger partial charge in [-0.2, -0.15) is 0 Å². The molecule has 0 aromatic carbocycles. The van der Waals surface area contributed by atoms with Crippen LogP contribution in [0.3, 0.4) is 0 Å². The van der Waals surface area contributed by atoms with E-state index in [2.05, 4.69) is 29.0 Å². The molecule has 53 heavy (non-hydrogen) atoms. The Bertz CT molecular complexity index is 3080. The molecule has 6 aromatic heterocycles. The molecule has 0 saturated carbocycles. The quantitative estimate of drug-likeness (QED) is 0.192. The minimum Gasteiger partial charge on any atom is -0.465 e. The van der Waals surface area contributed by atoms with Gasteiger partial charge in [-0.3, -0.25) is 28.7 Å². The molecule has 0 spiro atoms. The Morgan fingerprint density at radius 2 is 1.02 bits per heavy atom. The van der Waals surface area contributed by atoms with Crippen LogP contribution in [-0.4, -0.2) is 56.1 Å². The first-order valence-electron chi connectivity index (χ1n) is 20.1. The van der Waals surface area contributed by atoms with Crippen molar-refractivity contribution in [3.63, 3.8) is 0 Å². The van der Waals surface area contributed by atoms with Crippen LogP contribution in [0.5, 0.6) is 0 Å². The van der Waals surface area contributed by atoms with E-state index in [1.165, 1.54) is 6.92 Å². The zero-order valence-electron chi connectivity index (χ0n) is 44.2. The van der Waals surface area contributed by atoms with Gasteiger partial charge in [-0.05, 0) is 20.2 Å². The Morgan fingerprint density at radius 3 is 1.49 bits per heavy atom. The maximum atomic E-state index is 12.2. The maximum absolute atomic E-state index is 12.2. The Kier molecular flexibility index (Phi) is 20.2. The van der Waals surface area contributed by atoms with E-state index in [-0.39, 0.29) is 283 Å². The Morgan fingerprint density at radius 1 is 0.604 bits per heavy atom. The molecule has 0 atom stereocenters. The minimum absolute atomic E-state index is 0. The van der Waals surface area contributed by atoms with Gasteiger partial charge in [0.15, 0.2) is 5.56 Å². The fraction of sp³-hybridized carbons (Fsp3) is 0.333. The Balaban J connectivity index is -0.000000281. The first-order valence-corrected chi connectivity index (χ1v) is 12.1. The molecule has 6 aromatic rings. The van der Waals surface area contributed by atoms with Gasteiger partial charge in [0.2, 0.25) is 16.9 Å². The largest absolute Gasteiger partial charge is 0.465 e. The van der Waals surface area contributed by atoms with Crippen molar-refractivity contribution < 1.29 is 284 Å². The summed E-state index contributed by atoms with van der Waals surface area (Å²) in [7, 11) is 6.84. The van der Waals surface area contributed by atoms with Gasteiger partial charge in [-0.15, -0.1) is 20.6 Å². The SMILES string of the molecule is [2H]C([2H])([2H])n1c(=O)n(C([2H])([2H])C)c(=O)c2c1ncn2[CH2-].[2H]C([2H])([2H])n1cnc2c1c(=O)n(C([2H])([2H])C)c(=O)n2[CH2-].[2H]C([2H])([2H])n1cnc2c1c(=O)n([CH-]C)c(=O)n2C([2H])([2H])[2H].[Y].[Y].[Y].[Y].[Y].[Y].[Y].[Y]. The molecule has 0 bridgehead atoms. The van der Waals surface area contributed by atoms with E-state index >= 15 is 0 Å². The summed E-state index contributed by atoms with van der Waals surface area (Å²) < 4.78 is 123.